The van der Waals surface area contributed by atoms with E-state index in [2.05, 4.69) is 6.07 Å². The third-order valence-electron chi connectivity index (χ3n) is 5.57. The number of Topliss-reactive ketones (excluding diaryl/α,β-unsaturated/α-hetero) is 2. The summed E-state index contributed by atoms with van der Waals surface area (Å²) >= 11 is 0. The Bertz CT molecular complexity index is 1380. The summed E-state index contributed by atoms with van der Waals surface area (Å²) in [6, 6.07) is 25.4. The summed E-state index contributed by atoms with van der Waals surface area (Å²) in [4.78, 5) is 27.2. The first-order valence-electron chi connectivity index (χ1n) is 9.53. The number of rotatable bonds is 2. The number of aromatic nitrogens is 1. The van der Waals surface area contributed by atoms with Gasteiger partial charge in [0.25, 0.3) is 5.60 Å². The van der Waals surface area contributed by atoms with E-state index >= 15 is 0 Å². The van der Waals surface area contributed by atoms with Crippen LogP contribution in [0.1, 0.15) is 28.7 Å². The molecule has 0 bridgehead atoms. The highest BCUT2D eigenvalue weighted by molar-refractivity contribution is 6.22. The fourth-order valence-corrected chi connectivity index (χ4v) is 4.23. The topological polar surface area (TPSA) is 72.1 Å². The Morgan fingerprint density at radius 2 is 1.57 bits per heavy atom. The number of benzene rings is 3. The van der Waals surface area contributed by atoms with Gasteiger partial charge in [-0.2, -0.15) is 5.26 Å². The number of carbonyl (C=O) groups excluding carboxylic acids is 2. The second-order valence-corrected chi connectivity index (χ2v) is 7.19. The van der Waals surface area contributed by atoms with E-state index in [4.69, 9.17) is 4.74 Å². The molecule has 3 aromatic carbocycles. The maximum absolute atomic E-state index is 14.1. The molecule has 4 aromatic rings. The molecule has 1 atom stereocenters. The lowest BCUT2D eigenvalue weighted by Crippen LogP contribution is -2.47. The van der Waals surface area contributed by atoms with Gasteiger partial charge in [-0.15, -0.1) is 0 Å². The van der Waals surface area contributed by atoms with Crippen molar-refractivity contribution >= 4 is 22.3 Å². The second-order valence-electron chi connectivity index (χ2n) is 7.19. The molecule has 0 N–H and O–H groups in total. The van der Waals surface area contributed by atoms with E-state index in [1.54, 1.807) is 53.1 Å². The number of carbonyl (C=O) groups is 2. The predicted molar refractivity (Wildman–Crippen MR) is 112 cm³/mol. The normalized spacial score (nSPS) is 17.4. The van der Waals surface area contributed by atoms with Crippen LogP contribution >= 0.6 is 0 Å². The number of fused-ring (bicyclic) bond motifs is 5. The highest BCUT2D eigenvalue weighted by Gasteiger charge is 2.52. The SMILES string of the molecule is CC(=O)C1(c2ccccc2)Oc2ccccc2-n2c(C#N)c3ccccc3c2C1=O. The van der Waals surface area contributed by atoms with Gasteiger partial charge in [0.05, 0.1) is 5.69 Å². The van der Waals surface area contributed by atoms with E-state index in [-0.39, 0.29) is 5.69 Å². The van der Waals surface area contributed by atoms with Gasteiger partial charge in [0.15, 0.2) is 5.78 Å². The summed E-state index contributed by atoms with van der Waals surface area (Å²) in [6.45, 7) is 1.36. The summed E-state index contributed by atoms with van der Waals surface area (Å²) in [7, 11) is 0. The van der Waals surface area contributed by atoms with E-state index in [0.29, 0.717) is 33.5 Å². The Kier molecular flexibility index (Phi) is 3.84. The van der Waals surface area contributed by atoms with Gasteiger partial charge in [0.2, 0.25) is 5.78 Å². The van der Waals surface area contributed by atoms with Crippen molar-refractivity contribution in [3.63, 3.8) is 0 Å². The van der Waals surface area contributed by atoms with Gasteiger partial charge in [-0.3, -0.25) is 14.2 Å². The monoisotopic (exact) mass is 392 g/mol. The molecule has 5 rings (SSSR count). The van der Waals surface area contributed by atoms with Crippen molar-refractivity contribution in [2.45, 2.75) is 12.5 Å². The first kappa shape index (κ1) is 17.9. The van der Waals surface area contributed by atoms with Crippen LogP contribution in [0.5, 0.6) is 5.75 Å². The summed E-state index contributed by atoms with van der Waals surface area (Å²) in [6.07, 6.45) is 0. The van der Waals surface area contributed by atoms with Crippen LogP contribution in [-0.2, 0) is 10.4 Å². The molecular weight excluding hydrogens is 376 g/mol. The van der Waals surface area contributed by atoms with Crippen LogP contribution in [0.4, 0.5) is 0 Å². The van der Waals surface area contributed by atoms with Crippen LogP contribution in [0.2, 0.25) is 0 Å². The van der Waals surface area contributed by atoms with Crippen LogP contribution in [0.25, 0.3) is 16.5 Å². The number of nitriles is 1. The average molecular weight is 392 g/mol. The first-order chi connectivity index (χ1) is 14.6. The molecule has 1 unspecified atom stereocenters. The summed E-state index contributed by atoms with van der Waals surface area (Å²) in [5.41, 5.74) is -0.245. The quantitative estimate of drug-likeness (QED) is 0.469. The van der Waals surface area contributed by atoms with Crippen LogP contribution in [-0.4, -0.2) is 16.1 Å². The highest BCUT2D eigenvalue weighted by Crippen LogP contribution is 2.43. The Labute approximate surface area is 172 Å². The van der Waals surface area contributed by atoms with Crippen molar-refractivity contribution in [1.82, 2.24) is 4.57 Å². The molecule has 144 valence electrons. The van der Waals surface area contributed by atoms with Crippen molar-refractivity contribution in [2.24, 2.45) is 0 Å². The van der Waals surface area contributed by atoms with Crippen molar-refractivity contribution in [3.05, 3.63) is 95.8 Å². The molecule has 0 radical (unpaired) electrons. The van der Waals surface area contributed by atoms with E-state index in [1.165, 1.54) is 6.92 Å². The van der Waals surface area contributed by atoms with E-state index in [1.807, 2.05) is 30.3 Å². The van der Waals surface area contributed by atoms with Crippen LogP contribution in [0.15, 0.2) is 78.9 Å². The zero-order valence-electron chi connectivity index (χ0n) is 16.1. The molecule has 1 aliphatic rings. The predicted octanol–water partition coefficient (Wildman–Crippen LogP) is 4.56. The molecule has 0 spiro atoms. The summed E-state index contributed by atoms with van der Waals surface area (Å²) in [5, 5.41) is 11.2. The lowest BCUT2D eigenvalue weighted by molar-refractivity contribution is -0.129. The Hall–Kier alpha value is -4.17. The summed E-state index contributed by atoms with van der Waals surface area (Å²) in [5.74, 6) is -0.554. The zero-order valence-corrected chi connectivity index (χ0v) is 16.1. The van der Waals surface area contributed by atoms with Crippen molar-refractivity contribution < 1.29 is 14.3 Å². The molecule has 0 saturated heterocycles. The maximum Gasteiger partial charge on any atom is 0.255 e. The minimum absolute atomic E-state index is 0.270. The Morgan fingerprint density at radius 1 is 0.933 bits per heavy atom. The Balaban J connectivity index is 1.99. The molecule has 1 aromatic heterocycles. The van der Waals surface area contributed by atoms with Crippen molar-refractivity contribution in [3.8, 4) is 17.5 Å². The number of ketones is 2. The molecule has 0 amide bonds. The maximum atomic E-state index is 14.1. The number of ether oxygens (including phenoxy) is 1. The molecule has 1 aliphatic heterocycles. The van der Waals surface area contributed by atoms with Crippen LogP contribution in [0, 0.1) is 11.3 Å². The van der Waals surface area contributed by atoms with E-state index in [9.17, 15) is 14.9 Å². The van der Waals surface area contributed by atoms with Gasteiger partial charge in [-0.1, -0.05) is 66.7 Å². The third-order valence-corrected chi connectivity index (χ3v) is 5.57. The molecule has 30 heavy (non-hydrogen) atoms. The number of hydrogen-bond donors (Lipinski definition) is 0. The van der Waals surface area contributed by atoms with Gasteiger partial charge in [0, 0.05) is 16.3 Å². The number of hydrogen-bond acceptors (Lipinski definition) is 4. The van der Waals surface area contributed by atoms with E-state index in [0.717, 1.165) is 0 Å². The molecule has 5 nitrogen and oxygen atoms in total. The van der Waals surface area contributed by atoms with Gasteiger partial charge in [-0.25, -0.2) is 0 Å². The number of nitrogens with zero attached hydrogens (tertiary/aromatic N) is 2. The zero-order chi connectivity index (χ0) is 20.9. The second kappa shape index (κ2) is 6.43. The van der Waals surface area contributed by atoms with Gasteiger partial charge in [0.1, 0.15) is 23.2 Å². The lowest BCUT2D eigenvalue weighted by Gasteiger charge is -2.29. The minimum Gasteiger partial charge on any atom is -0.464 e. The fraction of sp³-hybridized carbons (Fsp3) is 0.0800. The smallest absolute Gasteiger partial charge is 0.255 e. The van der Waals surface area contributed by atoms with Gasteiger partial charge < -0.3 is 4.74 Å². The highest BCUT2D eigenvalue weighted by atomic mass is 16.5. The van der Waals surface area contributed by atoms with Crippen LogP contribution < -0.4 is 4.74 Å². The molecule has 0 saturated carbocycles. The van der Waals surface area contributed by atoms with E-state index < -0.39 is 17.2 Å². The molecular formula is C25H16N2O3. The average Bonchev–Trinajstić information content (AvgIpc) is 3.05. The number of para-hydroxylation sites is 2. The van der Waals surface area contributed by atoms with Crippen molar-refractivity contribution in [2.75, 3.05) is 0 Å². The van der Waals surface area contributed by atoms with Gasteiger partial charge in [-0.05, 0) is 19.1 Å². The molecule has 5 heteroatoms. The summed E-state index contributed by atoms with van der Waals surface area (Å²) < 4.78 is 7.89. The molecule has 0 fully saturated rings. The molecule has 0 aliphatic carbocycles. The standard InChI is InChI=1S/C25H16N2O3/c1-16(28)25(17-9-3-2-4-10-17)24(29)23-19-12-6-5-11-18(19)21(15-26)27(23)20-13-7-8-14-22(20)30-25/h2-14H,1H3. The third kappa shape index (κ3) is 2.22. The molecule has 2 heterocycles. The minimum atomic E-state index is -1.85. The van der Waals surface area contributed by atoms with Gasteiger partial charge >= 0.3 is 0 Å². The van der Waals surface area contributed by atoms with Crippen molar-refractivity contribution in [1.29, 1.82) is 5.26 Å². The first-order valence-corrected chi connectivity index (χ1v) is 9.53. The lowest BCUT2D eigenvalue weighted by atomic mass is 9.83. The largest absolute Gasteiger partial charge is 0.464 e. The van der Waals surface area contributed by atoms with Crippen LogP contribution in [0.3, 0.4) is 0 Å². The Morgan fingerprint density at radius 3 is 2.27 bits per heavy atom. The fourth-order valence-electron chi connectivity index (χ4n) is 4.23.